The maximum atomic E-state index is 14.1. The summed E-state index contributed by atoms with van der Waals surface area (Å²) >= 11 is 0. The van der Waals surface area contributed by atoms with Crippen LogP contribution in [0.15, 0.2) is 18.2 Å². The van der Waals surface area contributed by atoms with Crippen molar-refractivity contribution in [3.63, 3.8) is 0 Å². The predicted molar refractivity (Wildman–Crippen MR) is 61.7 cm³/mol. The Labute approximate surface area is 99.5 Å². The lowest BCUT2D eigenvalue weighted by Crippen LogP contribution is -2.48. The third-order valence-corrected chi connectivity index (χ3v) is 2.56. The van der Waals surface area contributed by atoms with Crippen LogP contribution in [-0.2, 0) is 5.92 Å². The fourth-order valence-electron chi connectivity index (χ4n) is 1.40. The summed E-state index contributed by atoms with van der Waals surface area (Å²) in [5, 5.41) is 0. The van der Waals surface area contributed by atoms with E-state index in [1.807, 2.05) is 0 Å². The van der Waals surface area contributed by atoms with Crippen LogP contribution in [0.25, 0.3) is 0 Å². The maximum Gasteiger partial charge on any atom is 0.293 e. The zero-order valence-electron chi connectivity index (χ0n) is 10.4. The van der Waals surface area contributed by atoms with Crippen LogP contribution in [0.1, 0.15) is 19.4 Å². The van der Waals surface area contributed by atoms with Gasteiger partial charge in [0.05, 0.1) is 25.3 Å². The van der Waals surface area contributed by atoms with Crippen molar-refractivity contribution >= 4 is 0 Å². The molecule has 1 aromatic carbocycles. The summed E-state index contributed by atoms with van der Waals surface area (Å²) in [6.45, 7) is 2.55. The molecule has 0 aliphatic rings. The van der Waals surface area contributed by atoms with E-state index in [9.17, 15) is 8.78 Å². The van der Waals surface area contributed by atoms with Crippen LogP contribution in [0.5, 0.6) is 11.5 Å². The van der Waals surface area contributed by atoms with Gasteiger partial charge in [0.15, 0.2) is 0 Å². The first-order chi connectivity index (χ1) is 7.74. The third-order valence-electron chi connectivity index (χ3n) is 2.56. The van der Waals surface area contributed by atoms with Crippen LogP contribution in [0, 0.1) is 0 Å². The van der Waals surface area contributed by atoms with E-state index in [1.165, 1.54) is 46.3 Å². The first-order valence-electron chi connectivity index (χ1n) is 5.13. The molecule has 0 saturated carbocycles. The van der Waals surface area contributed by atoms with Crippen LogP contribution in [0.2, 0.25) is 0 Å². The number of alkyl halides is 2. The average Bonchev–Trinajstić information content (AvgIpc) is 2.26. The fraction of sp³-hybridized carbons (Fsp3) is 0.500. The maximum absolute atomic E-state index is 14.1. The van der Waals surface area contributed by atoms with Crippen molar-refractivity contribution < 1.29 is 18.3 Å². The Kier molecular flexibility index (Phi) is 3.62. The van der Waals surface area contributed by atoms with Gasteiger partial charge in [0.25, 0.3) is 5.92 Å². The standard InChI is InChI=1S/C12H17F2NO2/c1-11(2,15)12(13,14)9-6-5-8(16-3)7-10(9)17-4/h5-7H,15H2,1-4H3. The Morgan fingerprint density at radius 2 is 1.71 bits per heavy atom. The molecule has 0 atom stereocenters. The molecule has 0 amide bonds. The summed E-state index contributed by atoms with van der Waals surface area (Å²) in [5.41, 5.74) is 3.59. The zero-order valence-corrected chi connectivity index (χ0v) is 10.4. The van der Waals surface area contributed by atoms with Gasteiger partial charge in [-0.15, -0.1) is 0 Å². The van der Waals surface area contributed by atoms with Gasteiger partial charge in [-0.05, 0) is 26.0 Å². The Hall–Kier alpha value is -1.36. The summed E-state index contributed by atoms with van der Waals surface area (Å²) in [4.78, 5) is 0. The Morgan fingerprint density at radius 1 is 1.12 bits per heavy atom. The molecule has 0 spiro atoms. The first-order valence-corrected chi connectivity index (χ1v) is 5.13. The monoisotopic (exact) mass is 245 g/mol. The minimum atomic E-state index is -3.19. The van der Waals surface area contributed by atoms with Gasteiger partial charge in [-0.2, -0.15) is 8.78 Å². The van der Waals surface area contributed by atoms with Crippen molar-refractivity contribution in [3.05, 3.63) is 23.8 Å². The van der Waals surface area contributed by atoms with Crippen LogP contribution < -0.4 is 15.2 Å². The largest absolute Gasteiger partial charge is 0.497 e. The number of nitrogens with two attached hydrogens (primary N) is 1. The lowest BCUT2D eigenvalue weighted by Gasteiger charge is -2.31. The van der Waals surface area contributed by atoms with Crippen LogP contribution in [0.4, 0.5) is 8.78 Å². The molecule has 0 unspecified atom stereocenters. The van der Waals surface area contributed by atoms with Gasteiger partial charge in [-0.1, -0.05) is 0 Å². The van der Waals surface area contributed by atoms with Crippen LogP contribution in [-0.4, -0.2) is 19.8 Å². The SMILES string of the molecule is COc1ccc(C(F)(F)C(C)(C)N)c(OC)c1. The summed E-state index contributed by atoms with van der Waals surface area (Å²) < 4.78 is 38.1. The number of benzene rings is 1. The van der Waals surface area contributed by atoms with E-state index in [-0.39, 0.29) is 11.3 Å². The minimum Gasteiger partial charge on any atom is -0.497 e. The molecule has 0 aromatic heterocycles. The van der Waals surface area contributed by atoms with Gasteiger partial charge < -0.3 is 15.2 Å². The van der Waals surface area contributed by atoms with Crippen molar-refractivity contribution in [2.24, 2.45) is 5.73 Å². The molecule has 0 fully saturated rings. The first kappa shape index (κ1) is 13.7. The van der Waals surface area contributed by atoms with E-state index in [2.05, 4.69) is 0 Å². The Morgan fingerprint density at radius 3 is 2.12 bits per heavy atom. The van der Waals surface area contributed by atoms with E-state index < -0.39 is 11.5 Å². The smallest absolute Gasteiger partial charge is 0.293 e. The fourth-order valence-corrected chi connectivity index (χ4v) is 1.40. The van der Waals surface area contributed by atoms with Crippen molar-refractivity contribution in [2.45, 2.75) is 25.3 Å². The zero-order chi connectivity index (χ0) is 13.3. The highest BCUT2D eigenvalue weighted by atomic mass is 19.3. The molecule has 0 bridgehead atoms. The topological polar surface area (TPSA) is 44.5 Å². The normalized spacial score (nSPS) is 12.4. The number of ether oxygens (including phenoxy) is 2. The highest BCUT2D eigenvalue weighted by molar-refractivity contribution is 5.44. The second-order valence-electron chi connectivity index (χ2n) is 4.36. The molecule has 96 valence electrons. The third kappa shape index (κ3) is 2.49. The van der Waals surface area contributed by atoms with Crippen LogP contribution >= 0.6 is 0 Å². The molecule has 0 aliphatic heterocycles. The molecule has 17 heavy (non-hydrogen) atoms. The van der Waals surface area contributed by atoms with Crippen molar-refractivity contribution in [3.8, 4) is 11.5 Å². The molecule has 0 radical (unpaired) electrons. The van der Waals surface area contributed by atoms with Gasteiger partial charge in [0.1, 0.15) is 11.5 Å². The Bertz CT molecular complexity index is 400. The summed E-state index contributed by atoms with van der Waals surface area (Å²) in [5.74, 6) is -2.67. The van der Waals surface area contributed by atoms with Crippen LogP contribution in [0.3, 0.4) is 0 Å². The molecule has 2 N–H and O–H groups in total. The Balaban J connectivity index is 3.31. The predicted octanol–water partition coefficient (Wildman–Crippen LogP) is 2.53. The molecule has 5 heteroatoms. The summed E-state index contributed by atoms with van der Waals surface area (Å²) in [6.07, 6.45) is 0. The molecule has 1 rings (SSSR count). The molecule has 0 saturated heterocycles. The van der Waals surface area contributed by atoms with E-state index in [4.69, 9.17) is 15.2 Å². The second-order valence-corrected chi connectivity index (χ2v) is 4.36. The van der Waals surface area contributed by atoms with Crippen molar-refractivity contribution in [1.29, 1.82) is 0 Å². The van der Waals surface area contributed by atoms with Crippen molar-refractivity contribution in [2.75, 3.05) is 14.2 Å². The quantitative estimate of drug-likeness (QED) is 0.886. The lowest BCUT2D eigenvalue weighted by atomic mass is 9.90. The molecular weight excluding hydrogens is 228 g/mol. The lowest BCUT2D eigenvalue weighted by molar-refractivity contribution is -0.0688. The van der Waals surface area contributed by atoms with E-state index in [1.54, 1.807) is 0 Å². The number of rotatable bonds is 4. The molecule has 3 nitrogen and oxygen atoms in total. The second kappa shape index (κ2) is 4.49. The van der Waals surface area contributed by atoms with Crippen molar-refractivity contribution in [1.82, 2.24) is 0 Å². The number of methoxy groups -OCH3 is 2. The number of halogens is 2. The van der Waals surface area contributed by atoms with E-state index >= 15 is 0 Å². The highest BCUT2D eigenvalue weighted by Crippen LogP contribution is 2.42. The van der Waals surface area contributed by atoms with Gasteiger partial charge in [0, 0.05) is 6.07 Å². The highest BCUT2D eigenvalue weighted by Gasteiger charge is 2.47. The average molecular weight is 245 g/mol. The van der Waals surface area contributed by atoms with E-state index in [0.717, 1.165) is 0 Å². The molecular formula is C12H17F2NO2. The van der Waals surface area contributed by atoms with Gasteiger partial charge >= 0.3 is 0 Å². The number of hydrogen-bond donors (Lipinski definition) is 1. The molecule has 0 heterocycles. The molecule has 0 aliphatic carbocycles. The van der Waals surface area contributed by atoms with E-state index in [0.29, 0.717) is 5.75 Å². The van der Waals surface area contributed by atoms with Gasteiger partial charge in [-0.3, -0.25) is 0 Å². The number of hydrogen-bond acceptors (Lipinski definition) is 3. The summed E-state index contributed by atoms with van der Waals surface area (Å²) in [6, 6.07) is 4.14. The minimum absolute atomic E-state index is 0.0628. The van der Waals surface area contributed by atoms with Gasteiger partial charge in [0.2, 0.25) is 0 Å². The molecule has 1 aromatic rings. The summed E-state index contributed by atoms with van der Waals surface area (Å²) in [7, 11) is 2.79. The van der Waals surface area contributed by atoms with Gasteiger partial charge in [-0.25, -0.2) is 0 Å².